The highest BCUT2D eigenvalue weighted by atomic mass is 35.5. The normalized spacial score (nSPS) is 19.0. The first kappa shape index (κ1) is 22.9. The van der Waals surface area contributed by atoms with Crippen molar-refractivity contribution in [1.29, 1.82) is 0 Å². The number of benzene rings is 1. The first-order chi connectivity index (χ1) is 14.6. The van der Waals surface area contributed by atoms with Crippen LogP contribution in [0.2, 0.25) is 5.02 Å². The van der Waals surface area contributed by atoms with Crippen molar-refractivity contribution in [3.05, 3.63) is 58.2 Å². The largest absolute Gasteiger partial charge is 0.478 e. The number of carbonyl (C=O) groups is 2. The third-order valence-corrected chi connectivity index (χ3v) is 5.63. The maximum atomic E-state index is 12.9. The van der Waals surface area contributed by atoms with E-state index < -0.39 is 23.6 Å². The van der Waals surface area contributed by atoms with Crippen molar-refractivity contribution in [1.82, 2.24) is 10.3 Å². The van der Waals surface area contributed by atoms with Crippen molar-refractivity contribution in [2.45, 2.75) is 37.9 Å². The molecular formula is C21H21ClF3N3O3. The molecule has 166 valence electrons. The Balaban J connectivity index is 1.49. The molecule has 0 aliphatic heterocycles. The fraction of sp³-hybridized carbons (Fsp3) is 0.381. The number of alkyl halides is 3. The topological polar surface area (TPSA) is 91.3 Å². The van der Waals surface area contributed by atoms with Crippen LogP contribution in [0.4, 0.5) is 19.0 Å². The Bertz CT molecular complexity index is 943. The van der Waals surface area contributed by atoms with E-state index in [1.54, 1.807) is 6.07 Å². The summed E-state index contributed by atoms with van der Waals surface area (Å²) in [5.74, 6) is -0.725. The van der Waals surface area contributed by atoms with E-state index in [1.165, 1.54) is 12.3 Å². The third kappa shape index (κ3) is 6.10. The van der Waals surface area contributed by atoms with Gasteiger partial charge < -0.3 is 15.7 Å². The van der Waals surface area contributed by atoms with Crippen LogP contribution in [0.1, 0.15) is 52.0 Å². The maximum Gasteiger partial charge on any atom is 0.416 e. The van der Waals surface area contributed by atoms with Gasteiger partial charge in [-0.1, -0.05) is 11.6 Å². The Kier molecular flexibility index (Phi) is 7.04. The Hall–Kier alpha value is -2.81. The monoisotopic (exact) mass is 455 g/mol. The summed E-state index contributed by atoms with van der Waals surface area (Å²) in [6.45, 7) is 0.652. The summed E-state index contributed by atoms with van der Waals surface area (Å²) in [6.07, 6.45) is -0.230. The summed E-state index contributed by atoms with van der Waals surface area (Å²) in [7, 11) is 0. The molecule has 0 radical (unpaired) electrons. The zero-order chi connectivity index (χ0) is 22.6. The Morgan fingerprint density at radius 3 is 2.42 bits per heavy atom. The fourth-order valence-corrected chi connectivity index (χ4v) is 3.73. The highest BCUT2D eigenvalue weighted by molar-refractivity contribution is 6.33. The molecule has 0 unspecified atom stereocenters. The molecule has 3 N–H and O–H groups in total. The molecule has 1 aliphatic carbocycles. The molecule has 0 bridgehead atoms. The summed E-state index contributed by atoms with van der Waals surface area (Å²) in [6, 6.07) is 5.65. The number of rotatable bonds is 6. The van der Waals surface area contributed by atoms with E-state index in [1.807, 2.05) is 0 Å². The number of amides is 1. The van der Waals surface area contributed by atoms with Gasteiger partial charge in [-0.25, -0.2) is 9.78 Å². The molecule has 31 heavy (non-hydrogen) atoms. The zero-order valence-electron chi connectivity index (χ0n) is 16.4. The van der Waals surface area contributed by atoms with Crippen molar-refractivity contribution in [2.24, 2.45) is 5.92 Å². The molecule has 1 saturated carbocycles. The van der Waals surface area contributed by atoms with Crippen LogP contribution in [0, 0.1) is 5.92 Å². The number of aromatic nitrogens is 1. The molecule has 0 atom stereocenters. The molecule has 0 saturated heterocycles. The summed E-state index contributed by atoms with van der Waals surface area (Å²) in [5.41, 5.74) is -0.985. The molecule has 0 spiro atoms. The smallest absolute Gasteiger partial charge is 0.416 e. The van der Waals surface area contributed by atoms with Gasteiger partial charge in [-0.05, 0) is 61.9 Å². The van der Waals surface area contributed by atoms with Crippen molar-refractivity contribution < 1.29 is 27.9 Å². The molecule has 1 fully saturated rings. The Labute approximate surface area is 181 Å². The van der Waals surface area contributed by atoms with E-state index in [0.717, 1.165) is 31.0 Å². The average molecular weight is 456 g/mol. The minimum Gasteiger partial charge on any atom is -0.478 e. The molecule has 1 aromatic heterocycles. The lowest BCUT2D eigenvalue weighted by molar-refractivity contribution is -0.137. The van der Waals surface area contributed by atoms with Crippen LogP contribution in [0.3, 0.4) is 0 Å². The maximum absolute atomic E-state index is 12.9. The molecule has 1 amide bonds. The van der Waals surface area contributed by atoms with Gasteiger partial charge in [0.2, 0.25) is 0 Å². The average Bonchev–Trinajstić information content (AvgIpc) is 2.73. The minimum atomic E-state index is -4.55. The van der Waals surface area contributed by atoms with Crippen molar-refractivity contribution >= 4 is 29.3 Å². The third-order valence-electron chi connectivity index (χ3n) is 5.30. The number of anilines is 1. The van der Waals surface area contributed by atoms with Crippen LogP contribution < -0.4 is 10.6 Å². The number of hydrogen-bond donors (Lipinski definition) is 3. The molecule has 10 heteroatoms. The second-order valence-corrected chi connectivity index (χ2v) is 7.91. The second kappa shape index (κ2) is 9.55. The van der Waals surface area contributed by atoms with Gasteiger partial charge in [-0.3, -0.25) is 4.79 Å². The standard InChI is InChI=1S/C21H21ClF3N3O3/c22-17-7-4-14(21(23,24)25)9-16(17)19(29)28-15-5-1-12(2-6-15)10-26-18-8-3-13(11-27-18)20(30)31/h3-4,7-9,11-12,15H,1-2,5-6,10H2,(H,26,27)(H,28,29)(H,30,31)/t12-,15-. The predicted molar refractivity (Wildman–Crippen MR) is 109 cm³/mol. The van der Waals surface area contributed by atoms with Gasteiger partial charge in [-0.2, -0.15) is 13.2 Å². The second-order valence-electron chi connectivity index (χ2n) is 7.50. The number of halogens is 4. The van der Waals surface area contributed by atoms with E-state index >= 15 is 0 Å². The SMILES string of the molecule is O=C(O)c1ccc(NC[C@H]2CC[C@H](NC(=O)c3cc(C(F)(F)F)ccc3Cl)CC2)nc1. The first-order valence-electron chi connectivity index (χ1n) is 9.74. The van der Waals surface area contributed by atoms with Gasteiger partial charge in [0.15, 0.2) is 0 Å². The van der Waals surface area contributed by atoms with Gasteiger partial charge >= 0.3 is 12.1 Å². The van der Waals surface area contributed by atoms with Crippen LogP contribution in [0.25, 0.3) is 0 Å². The zero-order valence-corrected chi connectivity index (χ0v) is 17.1. The van der Waals surface area contributed by atoms with Crippen LogP contribution in [-0.4, -0.2) is 34.6 Å². The number of carbonyl (C=O) groups excluding carboxylic acids is 1. The Morgan fingerprint density at radius 1 is 1.13 bits per heavy atom. The predicted octanol–water partition coefficient (Wildman–Crippen LogP) is 4.85. The van der Waals surface area contributed by atoms with Crippen LogP contribution >= 0.6 is 11.6 Å². The molecule has 1 aromatic carbocycles. The van der Waals surface area contributed by atoms with Gasteiger partial charge in [0.25, 0.3) is 5.91 Å². The van der Waals surface area contributed by atoms with Gasteiger partial charge in [-0.15, -0.1) is 0 Å². The number of carboxylic acids is 1. The molecule has 3 rings (SSSR count). The summed E-state index contributed by atoms with van der Waals surface area (Å²) in [4.78, 5) is 27.4. The number of nitrogens with one attached hydrogen (secondary N) is 2. The summed E-state index contributed by atoms with van der Waals surface area (Å²) >= 11 is 5.93. The van der Waals surface area contributed by atoms with Crippen molar-refractivity contribution in [3.8, 4) is 0 Å². The number of hydrogen-bond acceptors (Lipinski definition) is 4. The summed E-state index contributed by atoms with van der Waals surface area (Å²) < 4.78 is 38.7. The quantitative estimate of drug-likeness (QED) is 0.579. The molecule has 6 nitrogen and oxygen atoms in total. The van der Waals surface area contributed by atoms with Gasteiger partial charge in [0.1, 0.15) is 5.82 Å². The van der Waals surface area contributed by atoms with Crippen molar-refractivity contribution in [3.63, 3.8) is 0 Å². The number of aromatic carboxylic acids is 1. The van der Waals surface area contributed by atoms with E-state index in [0.29, 0.717) is 31.1 Å². The lowest BCUT2D eigenvalue weighted by atomic mass is 9.86. The van der Waals surface area contributed by atoms with Gasteiger partial charge in [0, 0.05) is 18.8 Å². The van der Waals surface area contributed by atoms with Crippen molar-refractivity contribution in [2.75, 3.05) is 11.9 Å². The van der Waals surface area contributed by atoms with E-state index in [9.17, 15) is 22.8 Å². The van der Waals surface area contributed by atoms with Gasteiger partial charge in [0.05, 0.1) is 21.7 Å². The lowest BCUT2D eigenvalue weighted by Crippen LogP contribution is -2.38. The molecule has 2 aromatic rings. The lowest BCUT2D eigenvalue weighted by Gasteiger charge is -2.29. The molecule has 1 aliphatic rings. The summed E-state index contributed by atoms with van der Waals surface area (Å²) in [5, 5.41) is 14.8. The fourth-order valence-electron chi connectivity index (χ4n) is 3.52. The van der Waals surface area contributed by atoms with E-state index in [4.69, 9.17) is 16.7 Å². The van der Waals surface area contributed by atoms with E-state index in [-0.39, 0.29) is 22.2 Å². The highest BCUT2D eigenvalue weighted by Gasteiger charge is 2.32. The number of nitrogens with zero attached hydrogens (tertiary/aromatic N) is 1. The molecule has 1 heterocycles. The van der Waals surface area contributed by atoms with Crippen LogP contribution in [0.5, 0.6) is 0 Å². The molecular weight excluding hydrogens is 435 g/mol. The van der Waals surface area contributed by atoms with E-state index in [2.05, 4.69) is 15.6 Å². The number of pyridine rings is 1. The highest BCUT2D eigenvalue weighted by Crippen LogP contribution is 2.32. The first-order valence-corrected chi connectivity index (χ1v) is 10.1. The Morgan fingerprint density at radius 2 is 1.84 bits per heavy atom. The van der Waals surface area contributed by atoms with Crippen LogP contribution in [0.15, 0.2) is 36.5 Å². The number of carboxylic acid groups (broad SMARTS) is 1. The minimum absolute atomic E-state index is 0.0233. The van der Waals surface area contributed by atoms with Crippen LogP contribution in [-0.2, 0) is 6.18 Å².